The van der Waals surface area contributed by atoms with Crippen molar-refractivity contribution in [2.24, 2.45) is 0 Å². The van der Waals surface area contributed by atoms with Crippen LogP contribution in [0.2, 0.25) is 0 Å². The number of methoxy groups -OCH3 is 2. The molecule has 0 atom stereocenters. The van der Waals surface area contributed by atoms with Crippen molar-refractivity contribution >= 4 is 22.7 Å². The van der Waals surface area contributed by atoms with Crippen LogP contribution in [0.25, 0.3) is 10.9 Å². The van der Waals surface area contributed by atoms with Crippen molar-refractivity contribution in [3.8, 4) is 11.5 Å². The molecule has 1 aromatic carbocycles. The molecule has 0 unspecified atom stereocenters. The van der Waals surface area contributed by atoms with Gasteiger partial charge in [-0.25, -0.2) is 4.98 Å². The number of fused-ring (bicyclic) bond motifs is 1. The summed E-state index contributed by atoms with van der Waals surface area (Å²) in [6.07, 6.45) is 1.64. The van der Waals surface area contributed by atoms with Crippen molar-refractivity contribution < 1.29 is 19.1 Å². The number of hydrogen-bond acceptors (Lipinski definition) is 6. The number of hydrogen-bond donors (Lipinski definition) is 0. The van der Waals surface area contributed by atoms with Crippen LogP contribution in [0, 0.1) is 0 Å². The van der Waals surface area contributed by atoms with Gasteiger partial charge in [-0.2, -0.15) is 0 Å². The average molecular weight is 388 g/mol. The van der Waals surface area contributed by atoms with Gasteiger partial charge in [-0.3, -0.25) is 19.0 Å². The van der Waals surface area contributed by atoms with E-state index >= 15 is 0 Å². The normalized spacial score (nSPS) is 14.2. The highest BCUT2D eigenvalue weighted by atomic mass is 16.5. The van der Waals surface area contributed by atoms with Gasteiger partial charge in [0, 0.05) is 52.1 Å². The Hall–Kier alpha value is -3.10. The minimum absolute atomic E-state index is 0.0212. The Bertz CT molecular complexity index is 947. The zero-order valence-corrected chi connectivity index (χ0v) is 16.3. The highest BCUT2D eigenvalue weighted by Gasteiger charge is 2.22. The van der Waals surface area contributed by atoms with Gasteiger partial charge in [-0.05, 0) is 6.07 Å². The number of benzene rings is 1. The van der Waals surface area contributed by atoms with Crippen molar-refractivity contribution in [3.05, 3.63) is 28.8 Å². The van der Waals surface area contributed by atoms with Gasteiger partial charge in [0.1, 0.15) is 0 Å². The lowest BCUT2D eigenvalue weighted by molar-refractivity contribution is -0.138. The van der Waals surface area contributed by atoms with Crippen LogP contribution in [0.1, 0.15) is 13.3 Å². The molecular formula is C19H24N4O5. The first-order valence-corrected chi connectivity index (χ1v) is 9.09. The van der Waals surface area contributed by atoms with Gasteiger partial charge >= 0.3 is 0 Å². The molecule has 150 valence electrons. The van der Waals surface area contributed by atoms with E-state index in [1.165, 1.54) is 32.0 Å². The standard InChI is InChI=1S/C19H24N4O5/c1-13(24)21-6-8-22(9-7-21)18(25)4-5-23-12-20-15-11-17(28-3)16(27-2)10-14(15)19(23)26/h10-12H,4-9H2,1-3H3. The molecule has 2 aromatic rings. The summed E-state index contributed by atoms with van der Waals surface area (Å²) in [4.78, 5) is 44.4. The molecule has 28 heavy (non-hydrogen) atoms. The third kappa shape index (κ3) is 3.92. The summed E-state index contributed by atoms with van der Waals surface area (Å²) in [5, 5.41) is 0.405. The second-order valence-electron chi connectivity index (χ2n) is 6.60. The zero-order chi connectivity index (χ0) is 20.3. The summed E-state index contributed by atoms with van der Waals surface area (Å²) in [5.41, 5.74) is 0.269. The fourth-order valence-electron chi connectivity index (χ4n) is 3.29. The Morgan fingerprint density at radius 1 is 1.04 bits per heavy atom. The summed E-state index contributed by atoms with van der Waals surface area (Å²) in [7, 11) is 3.02. The highest BCUT2D eigenvalue weighted by molar-refractivity contribution is 5.82. The van der Waals surface area contributed by atoms with E-state index in [2.05, 4.69) is 4.98 Å². The number of ether oxygens (including phenoxy) is 2. The second kappa shape index (κ2) is 8.28. The largest absolute Gasteiger partial charge is 0.493 e. The average Bonchev–Trinajstić information content (AvgIpc) is 2.72. The Morgan fingerprint density at radius 2 is 1.64 bits per heavy atom. The monoisotopic (exact) mass is 388 g/mol. The van der Waals surface area contributed by atoms with Crippen LogP contribution in [0.15, 0.2) is 23.3 Å². The minimum Gasteiger partial charge on any atom is -0.493 e. The van der Waals surface area contributed by atoms with Crippen molar-refractivity contribution in [2.45, 2.75) is 19.9 Å². The van der Waals surface area contributed by atoms with Gasteiger partial charge in [0.25, 0.3) is 5.56 Å². The number of piperazine rings is 1. The maximum Gasteiger partial charge on any atom is 0.261 e. The predicted molar refractivity (Wildman–Crippen MR) is 103 cm³/mol. The SMILES string of the molecule is COc1cc2ncn(CCC(=O)N3CCN(C(C)=O)CC3)c(=O)c2cc1OC. The first-order valence-electron chi connectivity index (χ1n) is 9.09. The van der Waals surface area contributed by atoms with Crippen molar-refractivity contribution in [1.82, 2.24) is 19.4 Å². The Morgan fingerprint density at radius 3 is 2.25 bits per heavy atom. The van der Waals surface area contributed by atoms with E-state index in [9.17, 15) is 14.4 Å². The minimum atomic E-state index is -0.236. The quantitative estimate of drug-likeness (QED) is 0.740. The third-order valence-corrected chi connectivity index (χ3v) is 4.97. The molecule has 0 spiro atoms. The highest BCUT2D eigenvalue weighted by Crippen LogP contribution is 2.29. The molecule has 2 heterocycles. The van der Waals surface area contributed by atoms with E-state index in [1.54, 1.807) is 21.9 Å². The van der Waals surface area contributed by atoms with Crippen molar-refractivity contribution in [1.29, 1.82) is 0 Å². The Kier molecular flexibility index (Phi) is 5.81. The fourth-order valence-corrected chi connectivity index (χ4v) is 3.29. The summed E-state index contributed by atoms with van der Waals surface area (Å²) in [6.45, 7) is 3.88. The molecule has 9 heteroatoms. The van der Waals surface area contributed by atoms with Gasteiger partial charge in [-0.1, -0.05) is 0 Å². The molecule has 2 amide bonds. The third-order valence-electron chi connectivity index (χ3n) is 4.97. The summed E-state index contributed by atoms with van der Waals surface area (Å²) in [5.74, 6) is 0.932. The molecule has 1 aliphatic rings. The summed E-state index contributed by atoms with van der Waals surface area (Å²) in [6, 6.07) is 3.25. The molecule has 1 saturated heterocycles. The lowest BCUT2D eigenvalue weighted by atomic mass is 10.2. The number of rotatable bonds is 5. The van der Waals surface area contributed by atoms with Crippen LogP contribution in [-0.2, 0) is 16.1 Å². The Labute approximate surface area is 162 Å². The van der Waals surface area contributed by atoms with E-state index in [4.69, 9.17) is 9.47 Å². The van der Waals surface area contributed by atoms with Gasteiger partial charge < -0.3 is 19.3 Å². The maximum absolute atomic E-state index is 12.8. The van der Waals surface area contributed by atoms with E-state index in [1.807, 2.05) is 0 Å². The maximum atomic E-state index is 12.8. The second-order valence-corrected chi connectivity index (χ2v) is 6.60. The van der Waals surface area contributed by atoms with Crippen LogP contribution >= 0.6 is 0 Å². The number of carbonyl (C=O) groups is 2. The number of amides is 2. The summed E-state index contributed by atoms with van der Waals surface area (Å²) >= 11 is 0. The molecule has 9 nitrogen and oxygen atoms in total. The lowest BCUT2D eigenvalue weighted by Gasteiger charge is -2.34. The molecule has 1 aromatic heterocycles. The van der Waals surface area contributed by atoms with E-state index in [0.717, 1.165) is 0 Å². The first-order chi connectivity index (χ1) is 13.4. The fraction of sp³-hybridized carbons (Fsp3) is 0.474. The van der Waals surface area contributed by atoms with Gasteiger partial charge in [-0.15, -0.1) is 0 Å². The molecule has 0 N–H and O–H groups in total. The number of carbonyl (C=O) groups excluding carboxylic acids is 2. The van der Waals surface area contributed by atoms with Crippen LogP contribution in [0.4, 0.5) is 0 Å². The van der Waals surface area contributed by atoms with E-state index in [-0.39, 0.29) is 30.3 Å². The summed E-state index contributed by atoms with van der Waals surface area (Å²) < 4.78 is 11.9. The van der Waals surface area contributed by atoms with Crippen LogP contribution in [0.3, 0.4) is 0 Å². The number of aryl methyl sites for hydroxylation is 1. The van der Waals surface area contributed by atoms with Crippen molar-refractivity contribution in [3.63, 3.8) is 0 Å². The molecule has 1 fully saturated rings. The zero-order valence-electron chi connectivity index (χ0n) is 16.3. The van der Waals surface area contributed by atoms with Gasteiger partial charge in [0.15, 0.2) is 11.5 Å². The Balaban J connectivity index is 1.71. The van der Waals surface area contributed by atoms with Crippen LogP contribution < -0.4 is 15.0 Å². The molecular weight excluding hydrogens is 364 g/mol. The predicted octanol–water partition coefficient (Wildman–Crippen LogP) is 0.495. The lowest BCUT2D eigenvalue weighted by Crippen LogP contribution is -2.50. The van der Waals surface area contributed by atoms with E-state index in [0.29, 0.717) is 48.6 Å². The smallest absolute Gasteiger partial charge is 0.261 e. The first kappa shape index (κ1) is 19.7. The van der Waals surface area contributed by atoms with Gasteiger partial charge in [0.2, 0.25) is 11.8 Å². The molecule has 0 bridgehead atoms. The number of nitrogens with zero attached hydrogens (tertiary/aromatic N) is 4. The van der Waals surface area contributed by atoms with Gasteiger partial charge in [0.05, 0.1) is 31.4 Å². The molecule has 1 aliphatic heterocycles. The van der Waals surface area contributed by atoms with Crippen LogP contribution in [-0.4, -0.2) is 71.6 Å². The molecule has 0 radical (unpaired) electrons. The molecule has 0 saturated carbocycles. The molecule has 0 aliphatic carbocycles. The topological polar surface area (TPSA) is 94.0 Å². The van der Waals surface area contributed by atoms with Crippen molar-refractivity contribution in [2.75, 3.05) is 40.4 Å². The van der Waals surface area contributed by atoms with Crippen LogP contribution in [0.5, 0.6) is 11.5 Å². The number of aromatic nitrogens is 2. The molecule has 3 rings (SSSR count). The van der Waals surface area contributed by atoms with E-state index < -0.39 is 0 Å².